The van der Waals surface area contributed by atoms with Gasteiger partial charge in [0, 0.05) is 5.38 Å². The zero-order valence-electron chi connectivity index (χ0n) is 11.6. The van der Waals surface area contributed by atoms with Gasteiger partial charge in [0.25, 0.3) is 11.8 Å². The standard InChI is InChI=1S/C15H10FN3O3S/c16-11-4-2-1-3-10(11)15(21)18-7-13(20)19(22)14(18)12-5-9(6-17)8-23-12/h1-5,8,14,22H,7H2. The number of thiophene rings is 1. The monoisotopic (exact) mass is 331 g/mol. The summed E-state index contributed by atoms with van der Waals surface area (Å²) in [5, 5.41) is 20.8. The second-order valence-corrected chi connectivity index (χ2v) is 5.82. The summed E-state index contributed by atoms with van der Waals surface area (Å²) in [5.41, 5.74) is 0.175. The van der Waals surface area contributed by atoms with Crippen LogP contribution in [0.2, 0.25) is 0 Å². The number of carbonyl (C=O) groups is 2. The molecule has 0 bridgehead atoms. The van der Waals surface area contributed by atoms with Crippen LogP contribution in [0.5, 0.6) is 0 Å². The van der Waals surface area contributed by atoms with Crippen LogP contribution in [0, 0.1) is 17.1 Å². The first-order valence-electron chi connectivity index (χ1n) is 6.58. The van der Waals surface area contributed by atoms with E-state index in [4.69, 9.17) is 5.26 Å². The summed E-state index contributed by atoms with van der Waals surface area (Å²) in [6.45, 7) is -0.367. The quantitative estimate of drug-likeness (QED) is 0.854. The smallest absolute Gasteiger partial charge is 0.267 e. The first kappa shape index (κ1) is 15.1. The molecule has 3 rings (SSSR count). The largest absolute Gasteiger partial charge is 0.302 e. The fourth-order valence-corrected chi connectivity index (χ4v) is 3.29. The molecule has 8 heteroatoms. The second-order valence-electron chi connectivity index (χ2n) is 4.87. The van der Waals surface area contributed by atoms with Gasteiger partial charge in [0.1, 0.15) is 18.4 Å². The maximum Gasteiger partial charge on any atom is 0.267 e. The van der Waals surface area contributed by atoms with Crippen LogP contribution in [0.4, 0.5) is 4.39 Å². The van der Waals surface area contributed by atoms with E-state index in [1.165, 1.54) is 24.3 Å². The molecule has 2 amide bonds. The molecular weight excluding hydrogens is 321 g/mol. The Morgan fingerprint density at radius 1 is 1.43 bits per heavy atom. The molecule has 1 unspecified atom stereocenters. The van der Waals surface area contributed by atoms with Crippen LogP contribution >= 0.6 is 11.3 Å². The Kier molecular flexibility index (Phi) is 3.82. The van der Waals surface area contributed by atoms with Crippen LogP contribution in [0.15, 0.2) is 35.7 Å². The third-order valence-corrected chi connectivity index (χ3v) is 4.43. The summed E-state index contributed by atoms with van der Waals surface area (Å²) >= 11 is 1.13. The lowest BCUT2D eigenvalue weighted by molar-refractivity contribution is -0.168. The van der Waals surface area contributed by atoms with E-state index in [1.54, 1.807) is 5.38 Å². The lowest BCUT2D eigenvalue weighted by Gasteiger charge is -2.25. The Balaban J connectivity index is 1.99. The summed E-state index contributed by atoms with van der Waals surface area (Å²) in [6, 6.07) is 8.86. The van der Waals surface area contributed by atoms with Crippen LogP contribution < -0.4 is 0 Å². The highest BCUT2D eigenvalue weighted by atomic mass is 32.1. The number of amides is 2. The second kappa shape index (κ2) is 5.79. The van der Waals surface area contributed by atoms with Gasteiger partial charge < -0.3 is 4.90 Å². The van der Waals surface area contributed by atoms with Crippen molar-refractivity contribution in [2.45, 2.75) is 6.17 Å². The molecular formula is C15H10FN3O3S. The molecule has 1 fully saturated rings. The van der Waals surface area contributed by atoms with E-state index in [0.717, 1.165) is 22.3 Å². The molecule has 0 saturated carbocycles. The zero-order chi connectivity index (χ0) is 16.6. The van der Waals surface area contributed by atoms with Crippen molar-refractivity contribution in [3.05, 3.63) is 57.5 Å². The molecule has 0 aliphatic carbocycles. The van der Waals surface area contributed by atoms with E-state index in [2.05, 4.69) is 0 Å². The molecule has 1 saturated heterocycles. The van der Waals surface area contributed by atoms with Gasteiger partial charge in [0.15, 0.2) is 6.17 Å². The van der Waals surface area contributed by atoms with Crippen molar-refractivity contribution in [1.82, 2.24) is 9.96 Å². The Morgan fingerprint density at radius 2 is 2.17 bits per heavy atom. The Labute approximate surface area is 134 Å². The van der Waals surface area contributed by atoms with Gasteiger partial charge in [-0.25, -0.2) is 4.39 Å². The van der Waals surface area contributed by atoms with Gasteiger partial charge in [-0.2, -0.15) is 10.3 Å². The van der Waals surface area contributed by atoms with Crippen LogP contribution in [0.3, 0.4) is 0 Å². The molecule has 1 aromatic carbocycles. The predicted molar refractivity (Wildman–Crippen MR) is 77.8 cm³/mol. The van der Waals surface area contributed by atoms with Crippen molar-refractivity contribution < 1.29 is 19.2 Å². The Bertz CT molecular complexity index is 829. The topological polar surface area (TPSA) is 84.6 Å². The molecule has 6 nitrogen and oxygen atoms in total. The SMILES string of the molecule is N#Cc1csc(C2N(O)C(=O)CN2C(=O)c2ccccc2F)c1. The Morgan fingerprint density at radius 3 is 2.83 bits per heavy atom. The lowest BCUT2D eigenvalue weighted by atomic mass is 10.1. The number of nitrogens with zero attached hydrogens (tertiary/aromatic N) is 3. The zero-order valence-corrected chi connectivity index (χ0v) is 12.5. The number of nitriles is 1. The molecule has 2 heterocycles. The summed E-state index contributed by atoms with van der Waals surface area (Å²) in [4.78, 5) is 25.9. The molecule has 1 aliphatic rings. The number of hydrogen-bond acceptors (Lipinski definition) is 5. The van der Waals surface area contributed by atoms with Gasteiger partial charge in [0.05, 0.1) is 16.0 Å². The number of halogens is 1. The van der Waals surface area contributed by atoms with Crippen molar-refractivity contribution in [2.24, 2.45) is 0 Å². The third-order valence-electron chi connectivity index (χ3n) is 3.46. The molecule has 0 radical (unpaired) electrons. The lowest BCUT2D eigenvalue weighted by Crippen LogP contribution is -2.34. The number of hydroxylamine groups is 2. The maximum atomic E-state index is 13.8. The van der Waals surface area contributed by atoms with E-state index in [9.17, 15) is 19.2 Å². The minimum Gasteiger partial charge on any atom is -0.302 e. The summed E-state index contributed by atoms with van der Waals surface area (Å²) in [7, 11) is 0. The van der Waals surface area contributed by atoms with Gasteiger partial charge >= 0.3 is 0 Å². The average Bonchev–Trinajstić information content (AvgIpc) is 3.12. The van der Waals surface area contributed by atoms with Crippen LogP contribution in [0.1, 0.15) is 27.0 Å². The highest BCUT2D eigenvalue weighted by molar-refractivity contribution is 7.10. The van der Waals surface area contributed by atoms with Gasteiger partial charge in [-0.1, -0.05) is 12.1 Å². The van der Waals surface area contributed by atoms with Crippen molar-refractivity contribution in [3.8, 4) is 6.07 Å². The molecule has 116 valence electrons. The molecule has 1 atom stereocenters. The molecule has 2 aromatic rings. The maximum absolute atomic E-state index is 13.8. The van der Waals surface area contributed by atoms with E-state index < -0.39 is 23.8 Å². The highest BCUT2D eigenvalue weighted by Crippen LogP contribution is 2.34. The van der Waals surface area contributed by atoms with E-state index in [1.807, 2.05) is 6.07 Å². The van der Waals surface area contributed by atoms with Crippen LogP contribution in [-0.4, -0.2) is 33.5 Å². The van der Waals surface area contributed by atoms with E-state index in [-0.39, 0.29) is 12.1 Å². The van der Waals surface area contributed by atoms with Gasteiger partial charge in [0.2, 0.25) is 0 Å². The van der Waals surface area contributed by atoms with Crippen molar-refractivity contribution in [2.75, 3.05) is 6.54 Å². The molecule has 1 aromatic heterocycles. The molecule has 23 heavy (non-hydrogen) atoms. The predicted octanol–water partition coefficient (Wildman–Crippen LogP) is 2.13. The summed E-state index contributed by atoms with van der Waals surface area (Å²) < 4.78 is 13.8. The van der Waals surface area contributed by atoms with Crippen LogP contribution in [-0.2, 0) is 4.79 Å². The highest BCUT2D eigenvalue weighted by Gasteiger charge is 2.42. The number of carbonyl (C=O) groups excluding carboxylic acids is 2. The minimum atomic E-state index is -1.07. The number of hydrogen-bond donors (Lipinski definition) is 1. The summed E-state index contributed by atoms with van der Waals surface area (Å²) in [5.74, 6) is -2.08. The van der Waals surface area contributed by atoms with Gasteiger partial charge in [-0.15, -0.1) is 11.3 Å². The molecule has 1 N–H and O–H groups in total. The molecule has 0 spiro atoms. The summed E-state index contributed by atoms with van der Waals surface area (Å²) in [6.07, 6.45) is -1.07. The minimum absolute atomic E-state index is 0.183. The fraction of sp³-hybridized carbons (Fsp3) is 0.133. The van der Waals surface area contributed by atoms with Gasteiger partial charge in [-0.3, -0.25) is 14.8 Å². The third kappa shape index (κ3) is 2.56. The van der Waals surface area contributed by atoms with Crippen LogP contribution in [0.25, 0.3) is 0 Å². The Hall–Kier alpha value is -2.76. The first-order chi connectivity index (χ1) is 11.0. The van der Waals surface area contributed by atoms with Crippen molar-refractivity contribution in [1.29, 1.82) is 5.26 Å². The normalized spacial score (nSPS) is 17.4. The fourth-order valence-electron chi connectivity index (χ4n) is 2.37. The van der Waals surface area contributed by atoms with Crippen molar-refractivity contribution in [3.63, 3.8) is 0 Å². The van der Waals surface area contributed by atoms with E-state index in [0.29, 0.717) is 15.5 Å². The average molecular weight is 331 g/mol. The molecule has 1 aliphatic heterocycles. The number of rotatable bonds is 2. The van der Waals surface area contributed by atoms with Gasteiger partial charge in [-0.05, 0) is 18.2 Å². The van der Waals surface area contributed by atoms with Crippen molar-refractivity contribution >= 4 is 23.2 Å². The first-order valence-corrected chi connectivity index (χ1v) is 7.46. The number of benzene rings is 1. The van der Waals surface area contributed by atoms with E-state index >= 15 is 0 Å².